The van der Waals surface area contributed by atoms with Crippen molar-refractivity contribution in [1.29, 1.82) is 0 Å². The fraction of sp³-hybridized carbons (Fsp3) is 0. The van der Waals surface area contributed by atoms with E-state index >= 15 is 0 Å². The van der Waals surface area contributed by atoms with Crippen LogP contribution in [-0.2, 0) is 0 Å². The molecule has 1 heterocycles. The van der Waals surface area contributed by atoms with E-state index in [1.54, 1.807) is 23.0 Å². The average molecular weight is 479 g/mol. The molecule has 0 aliphatic carbocycles. The Morgan fingerprint density at radius 2 is 1.44 bits per heavy atom. The number of rotatable bonds is 6. The summed E-state index contributed by atoms with van der Waals surface area (Å²) in [5.41, 5.74) is 2.63. The van der Waals surface area contributed by atoms with Crippen LogP contribution in [0.2, 0.25) is 0 Å². The lowest BCUT2D eigenvalue weighted by atomic mass is 10.1. The summed E-state index contributed by atoms with van der Waals surface area (Å²) < 4.78 is 34.6. The quantitative estimate of drug-likeness (QED) is 0.153. The smallest absolute Gasteiger partial charge is 0.349 e. The lowest BCUT2D eigenvalue weighted by Gasteiger charge is -2.06. The van der Waals surface area contributed by atoms with E-state index < -0.39 is 23.2 Å². The highest BCUT2D eigenvalue weighted by molar-refractivity contribution is 5.91. The van der Waals surface area contributed by atoms with Crippen molar-refractivity contribution in [2.24, 2.45) is 4.99 Å². The summed E-state index contributed by atoms with van der Waals surface area (Å²) >= 11 is 0. The summed E-state index contributed by atoms with van der Waals surface area (Å²) in [4.78, 5) is 16.8. The fourth-order valence-electron chi connectivity index (χ4n) is 3.59. The predicted octanol–water partition coefficient (Wildman–Crippen LogP) is 6.79. The number of benzene rings is 4. The molecule has 0 saturated carbocycles. The van der Waals surface area contributed by atoms with Crippen LogP contribution in [0.4, 0.5) is 14.6 Å². The van der Waals surface area contributed by atoms with Gasteiger partial charge in [-0.25, -0.2) is 23.2 Å². The van der Waals surface area contributed by atoms with Crippen LogP contribution in [0.3, 0.4) is 0 Å². The lowest BCUT2D eigenvalue weighted by molar-refractivity contribution is 0.0724. The Labute approximate surface area is 205 Å². The van der Waals surface area contributed by atoms with Crippen LogP contribution in [-0.4, -0.2) is 22.0 Å². The molecule has 1 aromatic heterocycles. The lowest BCUT2D eigenvalue weighted by Crippen LogP contribution is -2.13. The van der Waals surface area contributed by atoms with Crippen molar-refractivity contribution in [2.75, 3.05) is 0 Å². The first kappa shape index (κ1) is 22.9. The molecule has 4 aromatic carbocycles. The van der Waals surface area contributed by atoms with Crippen LogP contribution in [0.5, 0.6) is 5.75 Å². The molecule has 0 unspecified atom stereocenters. The Morgan fingerprint density at radius 3 is 2.11 bits per heavy atom. The maximum absolute atomic E-state index is 13.8. The molecular weight excluding hydrogens is 460 g/mol. The van der Waals surface area contributed by atoms with E-state index in [0.717, 1.165) is 34.6 Å². The molecule has 0 fully saturated rings. The minimum Gasteiger partial charge on any atom is -0.423 e. The van der Waals surface area contributed by atoms with Crippen molar-refractivity contribution >= 4 is 18.0 Å². The van der Waals surface area contributed by atoms with Crippen molar-refractivity contribution in [3.63, 3.8) is 0 Å². The van der Waals surface area contributed by atoms with Gasteiger partial charge in [-0.2, -0.15) is 5.10 Å². The number of aliphatic imine (C=N–C) groups is 1. The molecule has 0 spiro atoms. The number of ether oxygens (including phenoxy) is 1. The van der Waals surface area contributed by atoms with Gasteiger partial charge in [0.2, 0.25) is 0 Å². The normalized spacial score (nSPS) is 11.1. The van der Waals surface area contributed by atoms with E-state index in [-0.39, 0.29) is 5.75 Å². The van der Waals surface area contributed by atoms with Crippen LogP contribution in [0.15, 0.2) is 114 Å². The summed E-state index contributed by atoms with van der Waals surface area (Å²) in [6, 6.07) is 31.0. The van der Waals surface area contributed by atoms with Gasteiger partial charge in [0.05, 0.1) is 11.4 Å². The van der Waals surface area contributed by atoms with E-state index in [2.05, 4.69) is 4.99 Å². The van der Waals surface area contributed by atoms with Crippen molar-refractivity contribution in [3.05, 3.63) is 132 Å². The number of halogens is 2. The van der Waals surface area contributed by atoms with Gasteiger partial charge in [-0.05, 0) is 54.1 Å². The number of para-hydroxylation sites is 1. The van der Waals surface area contributed by atoms with Gasteiger partial charge in [-0.1, -0.05) is 54.6 Å². The second-order valence-electron chi connectivity index (χ2n) is 7.81. The monoisotopic (exact) mass is 479 g/mol. The number of esters is 1. The van der Waals surface area contributed by atoms with Crippen molar-refractivity contribution in [1.82, 2.24) is 9.78 Å². The Kier molecular flexibility index (Phi) is 6.44. The van der Waals surface area contributed by atoms with Crippen LogP contribution in [0, 0.1) is 11.6 Å². The first-order valence-electron chi connectivity index (χ1n) is 11.1. The molecule has 5 nitrogen and oxygen atoms in total. The molecule has 0 amide bonds. The average Bonchev–Trinajstić information content (AvgIpc) is 3.34. The Balaban J connectivity index is 1.38. The van der Waals surface area contributed by atoms with Crippen molar-refractivity contribution in [3.8, 4) is 22.7 Å². The largest absolute Gasteiger partial charge is 0.423 e. The van der Waals surface area contributed by atoms with E-state index in [1.807, 2.05) is 66.7 Å². The number of hydrogen-bond donors (Lipinski definition) is 0. The summed E-state index contributed by atoms with van der Waals surface area (Å²) in [7, 11) is 0. The second kappa shape index (κ2) is 10.1. The molecule has 7 heteroatoms. The third-order valence-electron chi connectivity index (χ3n) is 5.36. The first-order valence-corrected chi connectivity index (χ1v) is 11.1. The highest BCUT2D eigenvalue weighted by Gasteiger charge is 2.19. The van der Waals surface area contributed by atoms with Crippen LogP contribution in [0.1, 0.15) is 15.9 Å². The molecule has 0 radical (unpaired) electrons. The van der Waals surface area contributed by atoms with Gasteiger partial charge in [-0.15, -0.1) is 0 Å². The first-order chi connectivity index (χ1) is 17.6. The van der Waals surface area contributed by atoms with Gasteiger partial charge in [0.1, 0.15) is 22.9 Å². The number of nitrogens with zero attached hydrogens (tertiary/aromatic N) is 3. The number of carbonyl (C=O) groups is 1. The molecular formula is C29H19F2N3O2. The Hall–Kier alpha value is -4.91. The second-order valence-corrected chi connectivity index (χ2v) is 7.81. The minimum absolute atomic E-state index is 0.153. The maximum atomic E-state index is 13.8. The molecule has 0 N–H and O–H groups in total. The molecule has 5 aromatic rings. The van der Waals surface area contributed by atoms with Gasteiger partial charge in [0.15, 0.2) is 5.82 Å². The predicted molar refractivity (Wildman–Crippen MR) is 134 cm³/mol. The molecule has 5 rings (SSSR count). The van der Waals surface area contributed by atoms with E-state index in [1.165, 1.54) is 18.2 Å². The maximum Gasteiger partial charge on any atom is 0.349 e. The minimum atomic E-state index is -1.10. The van der Waals surface area contributed by atoms with Crippen molar-refractivity contribution in [2.45, 2.75) is 0 Å². The molecule has 176 valence electrons. The van der Waals surface area contributed by atoms with Crippen molar-refractivity contribution < 1.29 is 18.3 Å². The fourth-order valence-corrected chi connectivity index (χ4v) is 3.59. The van der Waals surface area contributed by atoms with Crippen LogP contribution >= 0.6 is 0 Å². The molecule has 0 atom stereocenters. The zero-order valence-corrected chi connectivity index (χ0v) is 18.9. The number of aromatic nitrogens is 2. The molecule has 0 aliphatic heterocycles. The standard InChI is InChI=1S/C29H19F2N3O2/c30-24-12-7-13-25(31)28(24)29(35)36-23-16-14-20(15-17-23)19-32-27-18-26(21-8-3-1-4-9-21)33-34(27)22-10-5-2-6-11-22/h1-19H. The summed E-state index contributed by atoms with van der Waals surface area (Å²) in [6.45, 7) is 0. The summed E-state index contributed by atoms with van der Waals surface area (Å²) in [6.07, 6.45) is 1.66. The summed E-state index contributed by atoms with van der Waals surface area (Å²) in [5, 5.41) is 4.74. The van der Waals surface area contributed by atoms with Gasteiger partial charge >= 0.3 is 5.97 Å². The SMILES string of the molecule is O=C(Oc1ccc(C=Nc2cc(-c3ccccc3)nn2-c2ccccc2)cc1)c1c(F)cccc1F. The molecule has 0 aliphatic rings. The number of hydrogen-bond acceptors (Lipinski definition) is 4. The number of carbonyl (C=O) groups excluding carboxylic acids is 1. The van der Waals surface area contributed by atoms with E-state index in [0.29, 0.717) is 5.82 Å². The van der Waals surface area contributed by atoms with Gasteiger partial charge in [-0.3, -0.25) is 0 Å². The van der Waals surface area contributed by atoms with E-state index in [4.69, 9.17) is 9.84 Å². The van der Waals surface area contributed by atoms with Gasteiger partial charge in [0.25, 0.3) is 0 Å². The zero-order chi connectivity index (χ0) is 24.9. The van der Waals surface area contributed by atoms with Gasteiger partial charge in [0, 0.05) is 17.8 Å². The Morgan fingerprint density at radius 1 is 0.806 bits per heavy atom. The van der Waals surface area contributed by atoms with Gasteiger partial charge < -0.3 is 4.74 Å². The van der Waals surface area contributed by atoms with Crippen LogP contribution < -0.4 is 4.74 Å². The highest BCUT2D eigenvalue weighted by Crippen LogP contribution is 2.26. The zero-order valence-electron chi connectivity index (χ0n) is 18.9. The molecule has 0 bridgehead atoms. The van der Waals surface area contributed by atoms with E-state index in [9.17, 15) is 13.6 Å². The third kappa shape index (κ3) is 4.95. The Bertz CT molecular complexity index is 1510. The molecule has 0 saturated heterocycles. The van der Waals surface area contributed by atoms with Crippen LogP contribution in [0.25, 0.3) is 16.9 Å². The third-order valence-corrected chi connectivity index (χ3v) is 5.36. The topological polar surface area (TPSA) is 56.5 Å². The molecule has 36 heavy (non-hydrogen) atoms. The highest BCUT2D eigenvalue weighted by atomic mass is 19.1. The summed E-state index contributed by atoms with van der Waals surface area (Å²) in [5.74, 6) is -2.28.